The average molecular weight is 448 g/mol. The first-order valence-corrected chi connectivity index (χ1v) is 12.0. The lowest BCUT2D eigenvalue weighted by molar-refractivity contribution is -0.133. The Hall–Kier alpha value is -2.73. The zero-order valence-electron chi connectivity index (χ0n) is 21.0. The van der Waals surface area contributed by atoms with Gasteiger partial charge in [0, 0.05) is 50.2 Å². The molecule has 0 atom stereocenters. The average Bonchev–Trinajstić information content (AvgIpc) is 3.11. The highest BCUT2D eigenvalue weighted by Crippen LogP contribution is 2.29. The van der Waals surface area contributed by atoms with Crippen LogP contribution in [0.25, 0.3) is 11.0 Å². The maximum Gasteiger partial charge on any atom is 0.222 e. The van der Waals surface area contributed by atoms with E-state index in [1.807, 2.05) is 9.58 Å². The SMILES string of the molecule is Cc1nc2c(c(C)nn2C(C)(C)C)c(C)c1CCC(=O)N1CCN(Cc2ccccc2)CC1. The normalized spacial score (nSPS) is 15.4. The molecule has 6 heteroatoms. The van der Waals surface area contributed by atoms with Gasteiger partial charge in [-0.2, -0.15) is 5.10 Å². The molecule has 1 aliphatic heterocycles. The van der Waals surface area contributed by atoms with Gasteiger partial charge in [-0.3, -0.25) is 9.69 Å². The monoisotopic (exact) mass is 447 g/mol. The molecule has 1 fully saturated rings. The van der Waals surface area contributed by atoms with Crippen molar-refractivity contribution in [3.05, 3.63) is 58.4 Å². The molecule has 4 rings (SSSR count). The molecule has 1 aliphatic rings. The summed E-state index contributed by atoms with van der Waals surface area (Å²) in [6.07, 6.45) is 1.25. The van der Waals surface area contributed by atoms with Crippen LogP contribution in [0.15, 0.2) is 30.3 Å². The first kappa shape index (κ1) is 23.4. The summed E-state index contributed by atoms with van der Waals surface area (Å²) >= 11 is 0. The topological polar surface area (TPSA) is 54.3 Å². The van der Waals surface area contributed by atoms with Crippen molar-refractivity contribution < 1.29 is 4.79 Å². The summed E-state index contributed by atoms with van der Waals surface area (Å²) in [4.78, 5) is 22.4. The molecule has 33 heavy (non-hydrogen) atoms. The van der Waals surface area contributed by atoms with Gasteiger partial charge in [0.2, 0.25) is 5.91 Å². The van der Waals surface area contributed by atoms with Gasteiger partial charge >= 0.3 is 0 Å². The fraction of sp³-hybridized carbons (Fsp3) is 0.519. The van der Waals surface area contributed by atoms with Gasteiger partial charge in [-0.1, -0.05) is 30.3 Å². The van der Waals surface area contributed by atoms with Gasteiger partial charge in [0.15, 0.2) is 5.65 Å². The Morgan fingerprint density at radius 2 is 1.64 bits per heavy atom. The zero-order chi connectivity index (χ0) is 23.8. The van der Waals surface area contributed by atoms with Gasteiger partial charge in [0.1, 0.15) is 0 Å². The van der Waals surface area contributed by atoms with Crippen molar-refractivity contribution in [1.29, 1.82) is 0 Å². The Kier molecular flexibility index (Phi) is 6.57. The van der Waals surface area contributed by atoms with Gasteiger partial charge in [-0.25, -0.2) is 9.67 Å². The van der Waals surface area contributed by atoms with Gasteiger partial charge < -0.3 is 4.90 Å². The molecule has 0 radical (unpaired) electrons. The third-order valence-corrected chi connectivity index (χ3v) is 6.77. The molecular formula is C27H37N5O. The Morgan fingerprint density at radius 3 is 2.27 bits per heavy atom. The van der Waals surface area contributed by atoms with E-state index in [0.29, 0.717) is 6.42 Å². The number of piperazine rings is 1. The standard InChI is InChI=1S/C27H37N5O/c1-19-23(20(2)28-26-25(19)21(3)29-32(26)27(4,5)6)12-13-24(33)31-16-14-30(15-17-31)18-22-10-8-7-9-11-22/h7-11H,12-18H2,1-6H3. The summed E-state index contributed by atoms with van der Waals surface area (Å²) < 4.78 is 2.03. The minimum atomic E-state index is -0.126. The maximum absolute atomic E-state index is 13.0. The van der Waals surface area contributed by atoms with Crippen molar-refractivity contribution in [1.82, 2.24) is 24.6 Å². The smallest absolute Gasteiger partial charge is 0.222 e. The molecular weight excluding hydrogens is 410 g/mol. The van der Waals surface area contributed by atoms with Crippen LogP contribution >= 0.6 is 0 Å². The number of amides is 1. The minimum absolute atomic E-state index is 0.126. The summed E-state index contributed by atoms with van der Waals surface area (Å²) in [5.41, 5.74) is 6.56. The van der Waals surface area contributed by atoms with Crippen LogP contribution < -0.4 is 0 Å². The molecule has 2 aromatic heterocycles. The molecule has 0 N–H and O–H groups in total. The number of nitrogens with zero attached hydrogens (tertiary/aromatic N) is 5. The number of benzene rings is 1. The van der Waals surface area contributed by atoms with Crippen LogP contribution in [0, 0.1) is 20.8 Å². The van der Waals surface area contributed by atoms with E-state index in [-0.39, 0.29) is 11.4 Å². The van der Waals surface area contributed by atoms with Crippen molar-refractivity contribution in [2.75, 3.05) is 26.2 Å². The van der Waals surface area contributed by atoms with Crippen LogP contribution in [0.3, 0.4) is 0 Å². The van der Waals surface area contributed by atoms with Gasteiger partial charge in [-0.05, 0) is 64.7 Å². The zero-order valence-corrected chi connectivity index (χ0v) is 21.0. The Balaban J connectivity index is 1.40. The lowest BCUT2D eigenvalue weighted by atomic mass is 9.98. The van der Waals surface area contributed by atoms with Crippen molar-refractivity contribution in [3.63, 3.8) is 0 Å². The largest absolute Gasteiger partial charge is 0.340 e. The lowest BCUT2D eigenvalue weighted by Crippen LogP contribution is -2.48. The van der Waals surface area contributed by atoms with E-state index in [1.54, 1.807) is 0 Å². The molecule has 3 aromatic rings. The number of pyridine rings is 1. The highest BCUT2D eigenvalue weighted by molar-refractivity contribution is 5.84. The van der Waals surface area contributed by atoms with E-state index >= 15 is 0 Å². The Bertz CT molecular complexity index is 1140. The third kappa shape index (κ3) is 4.96. The lowest BCUT2D eigenvalue weighted by Gasteiger charge is -2.35. The molecule has 1 aromatic carbocycles. The van der Waals surface area contributed by atoms with Gasteiger partial charge in [0.25, 0.3) is 0 Å². The predicted molar refractivity (Wildman–Crippen MR) is 133 cm³/mol. The number of carbonyl (C=O) groups is 1. The van der Waals surface area contributed by atoms with Crippen LogP contribution in [0.4, 0.5) is 0 Å². The molecule has 176 valence electrons. The summed E-state index contributed by atoms with van der Waals surface area (Å²) in [6.45, 7) is 17.1. The second-order valence-electron chi connectivity index (χ2n) is 10.3. The second kappa shape index (κ2) is 9.26. The molecule has 1 saturated heterocycles. The first-order chi connectivity index (χ1) is 15.6. The van der Waals surface area contributed by atoms with E-state index in [4.69, 9.17) is 10.1 Å². The quantitative estimate of drug-likeness (QED) is 0.582. The van der Waals surface area contributed by atoms with Gasteiger partial charge in [-0.15, -0.1) is 0 Å². The molecule has 0 saturated carbocycles. The maximum atomic E-state index is 13.0. The summed E-state index contributed by atoms with van der Waals surface area (Å²) in [6, 6.07) is 10.6. The molecule has 0 aliphatic carbocycles. The highest BCUT2D eigenvalue weighted by atomic mass is 16.2. The van der Waals surface area contributed by atoms with E-state index in [9.17, 15) is 4.79 Å². The third-order valence-electron chi connectivity index (χ3n) is 6.77. The van der Waals surface area contributed by atoms with Crippen LogP contribution in [0.5, 0.6) is 0 Å². The first-order valence-electron chi connectivity index (χ1n) is 12.0. The number of rotatable bonds is 5. The van der Waals surface area contributed by atoms with Crippen LogP contribution in [-0.4, -0.2) is 56.7 Å². The Morgan fingerprint density at radius 1 is 0.970 bits per heavy atom. The van der Waals surface area contributed by atoms with Crippen molar-refractivity contribution >= 4 is 16.9 Å². The molecule has 6 nitrogen and oxygen atoms in total. The van der Waals surface area contributed by atoms with E-state index in [1.165, 1.54) is 16.7 Å². The number of carbonyl (C=O) groups excluding carboxylic acids is 1. The minimum Gasteiger partial charge on any atom is -0.340 e. The number of hydrogen-bond donors (Lipinski definition) is 0. The predicted octanol–water partition coefficient (Wildman–Crippen LogP) is 4.39. The second-order valence-corrected chi connectivity index (χ2v) is 10.3. The fourth-order valence-corrected chi connectivity index (χ4v) is 4.93. The van der Waals surface area contributed by atoms with Gasteiger partial charge in [0.05, 0.1) is 11.2 Å². The van der Waals surface area contributed by atoms with Crippen LogP contribution in [0.2, 0.25) is 0 Å². The van der Waals surface area contributed by atoms with Crippen molar-refractivity contribution in [2.24, 2.45) is 0 Å². The molecule has 0 spiro atoms. The van der Waals surface area contributed by atoms with Crippen LogP contribution in [-0.2, 0) is 23.3 Å². The molecule has 0 bridgehead atoms. The molecule has 3 heterocycles. The molecule has 1 amide bonds. The fourth-order valence-electron chi connectivity index (χ4n) is 4.93. The van der Waals surface area contributed by atoms with E-state index in [2.05, 4.69) is 76.8 Å². The van der Waals surface area contributed by atoms with Crippen molar-refractivity contribution in [3.8, 4) is 0 Å². The summed E-state index contributed by atoms with van der Waals surface area (Å²) in [5, 5.41) is 5.92. The number of fused-ring (bicyclic) bond motifs is 1. The van der Waals surface area contributed by atoms with Crippen molar-refractivity contribution in [2.45, 2.75) is 66.5 Å². The summed E-state index contributed by atoms with van der Waals surface area (Å²) in [7, 11) is 0. The Labute approximate surface area is 197 Å². The summed E-state index contributed by atoms with van der Waals surface area (Å²) in [5.74, 6) is 0.246. The van der Waals surface area contributed by atoms with Crippen LogP contribution in [0.1, 0.15) is 55.3 Å². The highest BCUT2D eigenvalue weighted by Gasteiger charge is 2.24. The number of aryl methyl sites for hydroxylation is 3. The number of aromatic nitrogens is 3. The number of hydrogen-bond acceptors (Lipinski definition) is 4. The van der Waals surface area contributed by atoms with E-state index in [0.717, 1.165) is 61.6 Å². The van der Waals surface area contributed by atoms with E-state index < -0.39 is 0 Å². The molecule has 0 unspecified atom stereocenters.